The number of anilines is 1. The molecule has 2 N–H and O–H groups in total. The highest BCUT2D eigenvalue weighted by molar-refractivity contribution is 5.88. The highest BCUT2D eigenvalue weighted by Gasteiger charge is 2.21. The van der Waals surface area contributed by atoms with Gasteiger partial charge < -0.3 is 19.0 Å². The molecule has 0 spiro atoms. The minimum atomic E-state index is -0.410. The molecule has 0 aliphatic carbocycles. The van der Waals surface area contributed by atoms with Gasteiger partial charge in [-0.2, -0.15) is 0 Å². The van der Waals surface area contributed by atoms with Crippen molar-refractivity contribution in [3.8, 4) is 0 Å². The summed E-state index contributed by atoms with van der Waals surface area (Å²) in [4.78, 5) is 12.1. The predicted molar refractivity (Wildman–Crippen MR) is 80.7 cm³/mol. The Hall–Kier alpha value is -2.28. The minimum absolute atomic E-state index is 0.170. The van der Waals surface area contributed by atoms with E-state index in [0.29, 0.717) is 23.9 Å². The Bertz CT molecular complexity index is 599. The topological polar surface area (TPSA) is 89.5 Å². The van der Waals surface area contributed by atoms with E-state index in [9.17, 15) is 4.79 Å². The van der Waals surface area contributed by atoms with Gasteiger partial charge in [0.2, 0.25) is 0 Å². The molecule has 2 heterocycles. The average Bonchev–Trinajstić information content (AvgIpc) is 3.08. The standard InChI is InChI=1S/C15H21N3O4/c1-15(2,3)12-8-13(18-22-12)17-14(19)16-10(9-20-4)11-6-5-7-21-11/h5-8,10H,9H2,1-4H3,(H2,16,17,18,19). The number of aromatic nitrogens is 1. The second-order valence-electron chi connectivity index (χ2n) is 5.95. The van der Waals surface area contributed by atoms with E-state index in [4.69, 9.17) is 13.7 Å². The molecule has 0 saturated heterocycles. The van der Waals surface area contributed by atoms with Gasteiger partial charge in [0.05, 0.1) is 12.9 Å². The highest BCUT2D eigenvalue weighted by atomic mass is 16.5. The summed E-state index contributed by atoms with van der Waals surface area (Å²) >= 11 is 0. The zero-order valence-electron chi connectivity index (χ0n) is 13.2. The quantitative estimate of drug-likeness (QED) is 0.886. The van der Waals surface area contributed by atoms with Gasteiger partial charge in [0.15, 0.2) is 5.82 Å². The van der Waals surface area contributed by atoms with E-state index in [0.717, 1.165) is 0 Å². The lowest BCUT2D eigenvalue weighted by atomic mass is 9.93. The number of nitrogens with zero attached hydrogens (tertiary/aromatic N) is 1. The molecule has 0 aliphatic rings. The van der Waals surface area contributed by atoms with Crippen molar-refractivity contribution in [2.75, 3.05) is 19.0 Å². The zero-order valence-corrected chi connectivity index (χ0v) is 13.2. The van der Waals surface area contributed by atoms with Gasteiger partial charge in [-0.15, -0.1) is 0 Å². The fourth-order valence-electron chi connectivity index (χ4n) is 1.85. The summed E-state index contributed by atoms with van der Waals surface area (Å²) in [5, 5.41) is 9.24. The van der Waals surface area contributed by atoms with Crippen LogP contribution in [-0.2, 0) is 10.2 Å². The molecule has 2 aromatic heterocycles. The molecule has 2 rings (SSSR count). The van der Waals surface area contributed by atoms with Crippen LogP contribution >= 0.6 is 0 Å². The smallest absolute Gasteiger partial charge is 0.321 e. The van der Waals surface area contributed by atoms with Gasteiger partial charge in [-0.05, 0) is 12.1 Å². The maximum atomic E-state index is 12.1. The maximum absolute atomic E-state index is 12.1. The van der Waals surface area contributed by atoms with Gasteiger partial charge in [-0.25, -0.2) is 4.79 Å². The highest BCUT2D eigenvalue weighted by Crippen LogP contribution is 2.24. The summed E-state index contributed by atoms with van der Waals surface area (Å²) in [7, 11) is 1.56. The van der Waals surface area contributed by atoms with E-state index in [2.05, 4.69) is 15.8 Å². The molecule has 0 fully saturated rings. The fourth-order valence-corrected chi connectivity index (χ4v) is 1.85. The third-order valence-corrected chi connectivity index (χ3v) is 3.02. The Balaban J connectivity index is 1.98. The molecule has 2 amide bonds. The number of furan rings is 1. The summed E-state index contributed by atoms with van der Waals surface area (Å²) in [6.07, 6.45) is 1.55. The third-order valence-electron chi connectivity index (χ3n) is 3.02. The molecular weight excluding hydrogens is 286 g/mol. The van der Waals surface area contributed by atoms with Crippen molar-refractivity contribution in [2.24, 2.45) is 0 Å². The van der Waals surface area contributed by atoms with Gasteiger partial charge in [0.1, 0.15) is 17.6 Å². The summed E-state index contributed by atoms with van der Waals surface area (Å²) < 4.78 is 15.6. The van der Waals surface area contributed by atoms with Crippen LogP contribution in [0.2, 0.25) is 0 Å². The molecule has 7 nitrogen and oxygen atoms in total. The van der Waals surface area contributed by atoms with Crippen molar-refractivity contribution in [1.29, 1.82) is 0 Å². The fraction of sp³-hybridized carbons (Fsp3) is 0.467. The number of amides is 2. The summed E-state index contributed by atoms with van der Waals surface area (Å²) in [5.41, 5.74) is -0.170. The Morgan fingerprint density at radius 2 is 2.23 bits per heavy atom. The number of rotatable bonds is 5. The van der Waals surface area contributed by atoms with Crippen LogP contribution in [0.3, 0.4) is 0 Å². The van der Waals surface area contributed by atoms with Crippen LogP contribution in [0.4, 0.5) is 10.6 Å². The lowest BCUT2D eigenvalue weighted by molar-refractivity contribution is 0.159. The molecule has 1 atom stereocenters. The Morgan fingerprint density at radius 3 is 2.77 bits per heavy atom. The van der Waals surface area contributed by atoms with Crippen molar-refractivity contribution in [2.45, 2.75) is 32.2 Å². The van der Waals surface area contributed by atoms with Crippen LogP contribution in [0, 0.1) is 0 Å². The molecule has 0 saturated carbocycles. The van der Waals surface area contributed by atoms with E-state index in [-0.39, 0.29) is 11.5 Å². The Morgan fingerprint density at radius 1 is 1.45 bits per heavy atom. The van der Waals surface area contributed by atoms with Crippen molar-refractivity contribution in [3.63, 3.8) is 0 Å². The second kappa shape index (κ2) is 6.65. The van der Waals surface area contributed by atoms with Gasteiger partial charge in [0, 0.05) is 18.6 Å². The number of carbonyl (C=O) groups is 1. The van der Waals surface area contributed by atoms with Crippen molar-refractivity contribution in [1.82, 2.24) is 10.5 Å². The third kappa shape index (κ3) is 4.11. The number of nitrogens with one attached hydrogen (secondary N) is 2. The van der Waals surface area contributed by atoms with Gasteiger partial charge in [-0.1, -0.05) is 25.9 Å². The Kier molecular flexibility index (Phi) is 4.87. The normalized spacial score (nSPS) is 12.9. The van der Waals surface area contributed by atoms with E-state index in [1.54, 1.807) is 31.6 Å². The zero-order chi connectivity index (χ0) is 16.2. The summed E-state index contributed by atoms with van der Waals surface area (Å²) in [6.45, 7) is 6.31. The van der Waals surface area contributed by atoms with Crippen LogP contribution < -0.4 is 10.6 Å². The summed E-state index contributed by atoms with van der Waals surface area (Å²) in [6, 6.07) is 4.45. The first-order valence-corrected chi connectivity index (χ1v) is 6.97. The molecule has 22 heavy (non-hydrogen) atoms. The van der Waals surface area contributed by atoms with Crippen molar-refractivity contribution >= 4 is 11.8 Å². The number of ether oxygens (including phenoxy) is 1. The van der Waals surface area contributed by atoms with Crippen molar-refractivity contribution < 1.29 is 18.5 Å². The van der Waals surface area contributed by atoms with E-state index in [1.807, 2.05) is 20.8 Å². The van der Waals surface area contributed by atoms with E-state index < -0.39 is 6.03 Å². The van der Waals surface area contributed by atoms with Crippen LogP contribution in [0.1, 0.15) is 38.3 Å². The average molecular weight is 307 g/mol. The van der Waals surface area contributed by atoms with Gasteiger partial charge >= 0.3 is 6.03 Å². The van der Waals surface area contributed by atoms with Gasteiger partial charge in [-0.3, -0.25) is 5.32 Å². The lowest BCUT2D eigenvalue weighted by Crippen LogP contribution is -2.34. The van der Waals surface area contributed by atoms with Crippen LogP contribution in [0.25, 0.3) is 0 Å². The minimum Gasteiger partial charge on any atom is -0.467 e. The second-order valence-corrected chi connectivity index (χ2v) is 5.95. The van der Waals surface area contributed by atoms with Gasteiger partial charge in [0.25, 0.3) is 0 Å². The van der Waals surface area contributed by atoms with Crippen LogP contribution in [-0.4, -0.2) is 24.9 Å². The molecule has 0 bridgehead atoms. The first-order chi connectivity index (χ1) is 10.4. The molecule has 7 heteroatoms. The first-order valence-electron chi connectivity index (χ1n) is 6.97. The lowest BCUT2D eigenvalue weighted by Gasteiger charge is -2.15. The number of urea groups is 1. The van der Waals surface area contributed by atoms with Crippen LogP contribution in [0.15, 0.2) is 33.4 Å². The first kappa shape index (κ1) is 16.1. The monoisotopic (exact) mass is 307 g/mol. The molecule has 2 aromatic rings. The largest absolute Gasteiger partial charge is 0.467 e. The predicted octanol–water partition coefficient (Wildman–Crippen LogP) is 3.07. The number of hydrogen-bond donors (Lipinski definition) is 2. The molecule has 0 radical (unpaired) electrons. The molecule has 0 aromatic carbocycles. The molecule has 0 aliphatic heterocycles. The van der Waals surface area contributed by atoms with E-state index in [1.165, 1.54) is 0 Å². The van der Waals surface area contributed by atoms with Crippen molar-refractivity contribution in [3.05, 3.63) is 36.0 Å². The molecule has 120 valence electrons. The maximum Gasteiger partial charge on any atom is 0.321 e. The molecular formula is C15H21N3O4. The number of methoxy groups -OCH3 is 1. The number of hydrogen-bond acceptors (Lipinski definition) is 5. The SMILES string of the molecule is COCC(NC(=O)Nc1cc(C(C)(C)C)on1)c1ccco1. The van der Waals surface area contributed by atoms with E-state index >= 15 is 0 Å². The Labute approximate surface area is 129 Å². The summed E-state index contributed by atoms with van der Waals surface area (Å²) in [5.74, 6) is 1.67. The number of carbonyl (C=O) groups excluding carboxylic acids is 1. The van der Waals surface area contributed by atoms with Crippen LogP contribution in [0.5, 0.6) is 0 Å². The molecule has 1 unspecified atom stereocenters.